The molecule has 2 amide bonds. The number of nitrogens with zero attached hydrogens (tertiary/aromatic N) is 1. The van der Waals surface area contributed by atoms with E-state index in [-0.39, 0.29) is 11.9 Å². The Bertz CT molecular complexity index is 746. The second kappa shape index (κ2) is 8.68. The molecule has 2 N–H and O–H groups in total. The SMILES string of the molecule is COc1cccc(/C=N/NC(=O)Nc2ccc(F)cc2)c1OC(C)C. The summed E-state index contributed by atoms with van der Waals surface area (Å²) in [6, 6.07) is 10.2. The van der Waals surface area contributed by atoms with Gasteiger partial charge in [-0.1, -0.05) is 6.07 Å². The number of carbonyl (C=O) groups excluding carboxylic acids is 1. The summed E-state index contributed by atoms with van der Waals surface area (Å²) in [5, 5.41) is 6.44. The molecule has 2 rings (SSSR count). The number of para-hydroxylation sites is 1. The van der Waals surface area contributed by atoms with Crippen molar-refractivity contribution in [3.8, 4) is 11.5 Å². The number of ether oxygens (including phenoxy) is 2. The van der Waals surface area contributed by atoms with Gasteiger partial charge in [0.15, 0.2) is 11.5 Å². The molecule has 2 aromatic carbocycles. The standard InChI is InChI=1S/C18H20FN3O3/c1-12(2)25-17-13(5-4-6-16(17)24-3)11-20-22-18(23)21-15-9-7-14(19)8-10-15/h4-12H,1-3H3,(H2,21,22,23)/b20-11+. The maximum Gasteiger partial charge on any atom is 0.339 e. The van der Waals surface area contributed by atoms with Crippen LogP contribution in [-0.4, -0.2) is 25.5 Å². The Morgan fingerprint density at radius 3 is 2.56 bits per heavy atom. The minimum absolute atomic E-state index is 0.0433. The van der Waals surface area contributed by atoms with Gasteiger partial charge in [-0.2, -0.15) is 5.10 Å². The molecule has 0 aromatic heterocycles. The number of methoxy groups -OCH3 is 1. The molecular formula is C18H20FN3O3. The van der Waals surface area contributed by atoms with E-state index in [0.29, 0.717) is 22.7 Å². The zero-order chi connectivity index (χ0) is 18.2. The van der Waals surface area contributed by atoms with Crippen LogP contribution in [0, 0.1) is 5.82 Å². The van der Waals surface area contributed by atoms with Crippen molar-refractivity contribution in [3.63, 3.8) is 0 Å². The molecule has 7 heteroatoms. The van der Waals surface area contributed by atoms with Crippen LogP contribution in [0.5, 0.6) is 11.5 Å². The number of anilines is 1. The normalized spacial score (nSPS) is 10.8. The quantitative estimate of drug-likeness (QED) is 0.618. The molecule has 132 valence electrons. The van der Waals surface area contributed by atoms with Crippen molar-refractivity contribution in [1.82, 2.24) is 5.43 Å². The van der Waals surface area contributed by atoms with E-state index in [2.05, 4.69) is 15.8 Å². The summed E-state index contributed by atoms with van der Waals surface area (Å²) in [5.74, 6) is 0.748. The van der Waals surface area contributed by atoms with E-state index in [9.17, 15) is 9.18 Å². The first kappa shape index (κ1) is 18.3. The summed E-state index contributed by atoms with van der Waals surface area (Å²) in [7, 11) is 1.55. The largest absolute Gasteiger partial charge is 0.493 e. The number of urea groups is 1. The molecule has 0 atom stereocenters. The number of benzene rings is 2. The highest BCUT2D eigenvalue weighted by Crippen LogP contribution is 2.30. The van der Waals surface area contributed by atoms with Gasteiger partial charge in [-0.25, -0.2) is 14.6 Å². The second-order valence-electron chi connectivity index (χ2n) is 5.38. The molecule has 0 fully saturated rings. The van der Waals surface area contributed by atoms with Gasteiger partial charge >= 0.3 is 6.03 Å². The van der Waals surface area contributed by atoms with Gasteiger partial charge in [0.1, 0.15) is 5.82 Å². The smallest absolute Gasteiger partial charge is 0.339 e. The zero-order valence-electron chi connectivity index (χ0n) is 14.2. The lowest BCUT2D eigenvalue weighted by molar-refractivity contribution is 0.230. The minimum atomic E-state index is -0.544. The Morgan fingerprint density at radius 2 is 1.92 bits per heavy atom. The predicted octanol–water partition coefficient (Wildman–Crippen LogP) is 3.78. The lowest BCUT2D eigenvalue weighted by atomic mass is 10.2. The summed E-state index contributed by atoms with van der Waals surface area (Å²) >= 11 is 0. The van der Waals surface area contributed by atoms with Crippen molar-refractivity contribution in [3.05, 3.63) is 53.8 Å². The van der Waals surface area contributed by atoms with Crippen LogP contribution in [0.4, 0.5) is 14.9 Å². The van der Waals surface area contributed by atoms with Crippen LogP contribution in [0.25, 0.3) is 0 Å². The Morgan fingerprint density at radius 1 is 1.20 bits per heavy atom. The average molecular weight is 345 g/mol. The van der Waals surface area contributed by atoms with E-state index >= 15 is 0 Å². The molecule has 0 saturated heterocycles. The van der Waals surface area contributed by atoms with E-state index in [1.165, 1.54) is 30.5 Å². The Kier molecular flexibility index (Phi) is 6.33. The van der Waals surface area contributed by atoms with Crippen molar-refractivity contribution in [1.29, 1.82) is 0 Å². The third kappa shape index (κ3) is 5.49. The summed E-state index contributed by atoms with van der Waals surface area (Å²) in [6.45, 7) is 3.81. The van der Waals surface area contributed by atoms with Gasteiger partial charge in [0.25, 0.3) is 0 Å². The molecule has 25 heavy (non-hydrogen) atoms. The minimum Gasteiger partial charge on any atom is -0.493 e. The Hall–Kier alpha value is -3.09. The highest BCUT2D eigenvalue weighted by molar-refractivity contribution is 5.91. The number of hydrogen-bond acceptors (Lipinski definition) is 4. The van der Waals surface area contributed by atoms with E-state index < -0.39 is 6.03 Å². The molecule has 0 spiro atoms. The molecule has 0 heterocycles. The van der Waals surface area contributed by atoms with Crippen LogP contribution in [0.15, 0.2) is 47.6 Å². The van der Waals surface area contributed by atoms with Gasteiger partial charge in [0.05, 0.1) is 19.4 Å². The second-order valence-corrected chi connectivity index (χ2v) is 5.38. The maximum atomic E-state index is 12.8. The van der Waals surface area contributed by atoms with Crippen LogP contribution < -0.4 is 20.2 Å². The molecule has 0 aliphatic carbocycles. The molecular weight excluding hydrogens is 325 g/mol. The lowest BCUT2D eigenvalue weighted by Crippen LogP contribution is -2.24. The third-order valence-corrected chi connectivity index (χ3v) is 3.05. The number of halogens is 1. The molecule has 0 saturated carbocycles. The molecule has 0 bridgehead atoms. The molecule has 2 aromatic rings. The maximum absolute atomic E-state index is 12.8. The predicted molar refractivity (Wildman–Crippen MR) is 94.9 cm³/mol. The van der Waals surface area contributed by atoms with Crippen molar-refractivity contribution in [2.45, 2.75) is 20.0 Å². The monoisotopic (exact) mass is 345 g/mol. The summed E-state index contributed by atoms with van der Waals surface area (Å²) in [4.78, 5) is 11.8. The van der Waals surface area contributed by atoms with Gasteiger partial charge < -0.3 is 14.8 Å². The fraction of sp³-hybridized carbons (Fsp3) is 0.222. The molecule has 0 aliphatic rings. The van der Waals surface area contributed by atoms with Crippen molar-refractivity contribution in [2.24, 2.45) is 5.10 Å². The number of nitrogens with one attached hydrogen (secondary N) is 2. The van der Waals surface area contributed by atoms with Crippen LogP contribution in [0.1, 0.15) is 19.4 Å². The number of carbonyl (C=O) groups is 1. The van der Waals surface area contributed by atoms with Gasteiger partial charge in [0, 0.05) is 11.3 Å². The lowest BCUT2D eigenvalue weighted by Gasteiger charge is -2.15. The third-order valence-electron chi connectivity index (χ3n) is 3.05. The molecule has 6 nitrogen and oxygen atoms in total. The topological polar surface area (TPSA) is 72.0 Å². The zero-order valence-corrected chi connectivity index (χ0v) is 14.2. The molecule has 0 radical (unpaired) electrons. The number of hydrazone groups is 1. The Balaban J connectivity index is 2.03. The van der Waals surface area contributed by atoms with E-state index in [0.717, 1.165) is 0 Å². The number of rotatable bonds is 6. The van der Waals surface area contributed by atoms with Crippen molar-refractivity contribution in [2.75, 3.05) is 12.4 Å². The summed E-state index contributed by atoms with van der Waals surface area (Å²) in [5.41, 5.74) is 3.46. The van der Waals surface area contributed by atoms with E-state index in [4.69, 9.17) is 9.47 Å². The van der Waals surface area contributed by atoms with Crippen LogP contribution >= 0.6 is 0 Å². The van der Waals surface area contributed by atoms with Crippen LogP contribution in [0.2, 0.25) is 0 Å². The summed E-state index contributed by atoms with van der Waals surface area (Å²) < 4.78 is 23.9. The fourth-order valence-corrected chi connectivity index (χ4v) is 2.01. The number of hydrogen-bond donors (Lipinski definition) is 2. The first-order chi connectivity index (χ1) is 12.0. The van der Waals surface area contributed by atoms with E-state index in [1.807, 2.05) is 13.8 Å². The fourth-order valence-electron chi connectivity index (χ4n) is 2.01. The van der Waals surface area contributed by atoms with Crippen LogP contribution in [0.3, 0.4) is 0 Å². The molecule has 0 unspecified atom stereocenters. The van der Waals surface area contributed by atoms with Crippen molar-refractivity contribution < 1.29 is 18.7 Å². The summed E-state index contributed by atoms with van der Waals surface area (Å²) in [6.07, 6.45) is 1.42. The van der Waals surface area contributed by atoms with Crippen molar-refractivity contribution >= 4 is 17.9 Å². The van der Waals surface area contributed by atoms with Crippen LogP contribution in [-0.2, 0) is 0 Å². The highest BCUT2D eigenvalue weighted by Gasteiger charge is 2.11. The first-order valence-electron chi connectivity index (χ1n) is 7.69. The Labute approximate surface area is 145 Å². The first-order valence-corrected chi connectivity index (χ1v) is 7.69. The van der Waals surface area contributed by atoms with Gasteiger partial charge in [-0.3, -0.25) is 0 Å². The average Bonchev–Trinajstić information content (AvgIpc) is 2.58. The highest BCUT2D eigenvalue weighted by atomic mass is 19.1. The van der Waals surface area contributed by atoms with E-state index in [1.54, 1.807) is 25.3 Å². The molecule has 0 aliphatic heterocycles. The van der Waals surface area contributed by atoms with Gasteiger partial charge in [-0.05, 0) is 50.2 Å². The van der Waals surface area contributed by atoms with Gasteiger partial charge in [-0.15, -0.1) is 0 Å². The number of amides is 2. The van der Waals surface area contributed by atoms with Gasteiger partial charge in [0.2, 0.25) is 0 Å².